The smallest absolute Gasteiger partial charge is 0.253 e. The van der Waals surface area contributed by atoms with Crippen LogP contribution in [0.3, 0.4) is 0 Å². The van der Waals surface area contributed by atoms with Gasteiger partial charge in [-0.15, -0.1) is 0 Å². The molecule has 98 valence electrons. The zero-order valence-electron chi connectivity index (χ0n) is 10.3. The summed E-state index contributed by atoms with van der Waals surface area (Å²) in [5.74, 6) is -0.768. The zero-order chi connectivity index (χ0) is 13.1. The van der Waals surface area contributed by atoms with E-state index in [1.54, 1.807) is 6.07 Å². The fraction of sp³-hybridized carbons (Fsp3) is 0.462. The van der Waals surface area contributed by atoms with E-state index in [-0.39, 0.29) is 24.2 Å². The van der Waals surface area contributed by atoms with Gasteiger partial charge in [0, 0.05) is 6.54 Å². The second-order valence-electron chi connectivity index (χ2n) is 4.52. The molecule has 0 spiro atoms. The summed E-state index contributed by atoms with van der Waals surface area (Å²) in [5, 5.41) is 2.54. The van der Waals surface area contributed by atoms with Crippen molar-refractivity contribution in [1.29, 1.82) is 0 Å². The quantitative estimate of drug-likeness (QED) is 0.862. The van der Waals surface area contributed by atoms with Gasteiger partial charge in [-0.1, -0.05) is 6.07 Å². The lowest BCUT2D eigenvalue weighted by atomic mass is 10.1. The van der Waals surface area contributed by atoms with Crippen molar-refractivity contribution in [2.75, 3.05) is 5.32 Å². The van der Waals surface area contributed by atoms with E-state index in [1.165, 1.54) is 12.1 Å². The van der Waals surface area contributed by atoms with E-state index in [1.807, 2.05) is 6.92 Å². The largest absolute Gasteiger partial charge is 0.365 e. The molecule has 2 rings (SSSR count). The molecule has 0 saturated carbocycles. The summed E-state index contributed by atoms with van der Waals surface area (Å²) in [5.41, 5.74) is 6.27. The number of anilines is 1. The van der Waals surface area contributed by atoms with Crippen LogP contribution < -0.4 is 11.1 Å². The van der Waals surface area contributed by atoms with Crippen molar-refractivity contribution in [3.8, 4) is 0 Å². The zero-order valence-corrected chi connectivity index (χ0v) is 10.3. The van der Waals surface area contributed by atoms with E-state index in [0.29, 0.717) is 12.0 Å². The van der Waals surface area contributed by atoms with Gasteiger partial charge >= 0.3 is 0 Å². The summed E-state index contributed by atoms with van der Waals surface area (Å²) in [4.78, 5) is 11.8. The number of ether oxygens (including phenoxy) is 1. The van der Waals surface area contributed by atoms with Gasteiger partial charge in [-0.3, -0.25) is 4.79 Å². The molecule has 1 aliphatic rings. The maximum Gasteiger partial charge on any atom is 0.253 e. The number of halogens is 1. The van der Waals surface area contributed by atoms with E-state index < -0.39 is 11.9 Å². The molecular weight excluding hydrogens is 235 g/mol. The molecule has 0 aliphatic carbocycles. The number of benzene rings is 1. The van der Waals surface area contributed by atoms with Crippen LogP contribution in [-0.2, 0) is 16.1 Å². The third-order valence-electron chi connectivity index (χ3n) is 3.05. The molecule has 0 bridgehead atoms. The van der Waals surface area contributed by atoms with Crippen molar-refractivity contribution in [1.82, 2.24) is 0 Å². The minimum absolute atomic E-state index is 0.0882. The second-order valence-corrected chi connectivity index (χ2v) is 4.52. The molecule has 1 aliphatic heterocycles. The van der Waals surface area contributed by atoms with Crippen molar-refractivity contribution < 1.29 is 13.9 Å². The van der Waals surface area contributed by atoms with Gasteiger partial charge in [0.2, 0.25) is 0 Å². The number of rotatable bonds is 3. The molecule has 18 heavy (non-hydrogen) atoms. The van der Waals surface area contributed by atoms with Gasteiger partial charge in [0.1, 0.15) is 11.9 Å². The van der Waals surface area contributed by atoms with E-state index in [0.717, 1.165) is 6.42 Å². The molecule has 3 N–H and O–H groups in total. The molecule has 4 nitrogen and oxygen atoms in total. The molecule has 1 aromatic rings. The Morgan fingerprint density at radius 1 is 1.56 bits per heavy atom. The number of amides is 1. The van der Waals surface area contributed by atoms with Crippen LogP contribution in [0, 0.1) is 5.82 Å². The molecule has 1 fully saturated rings. The standard InChI is InChI=1S/C13H17FN2O2/c1-8-2-5-12(18-8)13(17)16-11-4-3-9(7-15)6-10(11)14/h3-4,6,8,12H,2,5,7,15H2,1H3,(H,16,17). The van der Waals surface area contributed by atoms with Gasteiger partial charge in [-0.25, -0.2) is 4.39 Å². The van der Waals surface area contributed by atoms with Crippen molar-refractivity contribution in [3.05, 3.63) is 29.6 Å². The van der Waals surface area contributed by atoms with Crippen molar-refractivity contribution in [3.63, 3.8) is 0 Å². The van der Waals surface area contributed by atoms with E-state index in [4.69, 9.17) is 10.5 Å². The van der Waals surface area contributed by atoms with E-state index >= 15 is 0 Å². The third kappa shape index (κ3) is 2.86. The molecule has 1 amide bonds. The molecular formula is C13H17FN2O2. The predicted molar refractivity (Wildman–Crippen MR) is 66.5 cm³/mol. The first-order valence-electron chi connectivity index (χ1n) is 6.05. The van der Waals surface area contributed by atoms with Crippen LogP contribution in [0.5, 0.6) is 0 Å². The van der Waals surface area contributed by atoms with Gasteiger partial charge in [-0.05, 0) is 37.5 Å². The van der Waals surface area contributed by atoms with Crippen LogP contribution in [0.4, 0.5) is 10.1 Å². The number of hydrogen-bond acceptors (Lipinski definition) is 3. The number of carbonyl (C=O) groups is 1. The molecule has 5 heteroatoms. The van der Waals surface area contributed by atoms with E-state index in [9.17, 15) is 9.18 Å². The summed E-state index contributed by atoms with van der Waals surface area (Å²) in [6, 6.07) is 4.54. The lowest BCUT2D eigenvalue weighted by Gasteiger charge is -2.12. The Hall–Kier alpha value is -1.46. The van der Waals surface area contributed by atoms with Crippen molar-refractivity contribution in [2.45, 2.75) is 38.5 Å². The maximum atomic E-state index is 13.6. The highest BCUT2D eigenvalue weighted by atomic mass is 19.1. The highest BCUT2D eigenvalue weighted by molar-refractivity contribution is 5.94. The van der Waals surface area contributed by atoms with Crippen LogP contribution in [-0.4, -0.2) is 18.1 Å². The maximum absolute atomic E-state index is 13.6. The van der Waals surface area contributed by atoms with Crippen LogP contribution in [0.25, 0.3) is 0 Å². The fourth-order valence-electron chi connectivity index (χ4n) is 2.00. The molecule has 2 atom stereocenters. The highest BCUT2D eigenvalue weighted by Crippen LogP contribution is 2.22. The number of carbonyl (C=O) groups excluding carboxylic acids is 1. The first kappa shape index (κ1) is 13.0. The summed E-state index contributed by atoms with van der Waals surface area (Å²) >= 11 is 0. The molecule has 2 unspecified atom stereocenters. The summed E-state index contributed by atoms with van der Waals surface area (Å²) in [7, 11) is 0. The molecule has 0 aromatic heterocycles. The minimum Gasteiger partial charge on any atom is -0.365 e. The number of nitrogens with two attached hydrogens (primary N) is 1. The third-order valence-corrected chi connectivity index (χ3v) is 3.05. The molecule has 1 saturated heterocycles. The average molecular weight is 252 g/mol. The van der Waals surface area contributed by atoms with E-state index in [2.05, 4.69) is 5.32 Å². The Balaban J connectivity index is 2.03. The monoisotopic (exact) mass is 252 g/mol. The molecule has 1 heterocycles. The Morgan fingerprint density at radius 3 is 2.89 bits per heavy atom. The topological polar surface area (TPSA) is 64.4 Å². The van der Waals surface area contributed by atoms with Gasteiger partial charge in [0.15, 0.2) is 0 Å². The van der Waals surface area contributed by atoms with Crippen LogP contribution in [0.2, 0.25) is 0 Å². The molecule has 1 aromatic carbocycles. The lowest BCUT2D eigenvalue weighted by molar-refractivity contribution is -0.126. The summed E-state index contributed by atoms with van der Waals surface area (Å²) < 4.78 is 19.1. The minimum atomic E-state index is -0.478. The predicted octanol–water partition coefficient (Wildman–Crippen LogP) is 1.79. The van der Waals surface area contributed by atoms with Crippen LogP contribution in [0.15, 0.2) is 18.2 Å². The lowest BCUT2D eigenvalue weighted by Crippen LogP contribution is -2.28. The second kappa shape index (κ2) is 5.46. The Kier molecular flexibility index (Phi) is 3.93. The Bertz CT molecular complexity index is 451. The fourth-order valence-corrected chi connectivity index (χ4v) is 2.00. The Morgan fingerprint density at radius 2 is 2.33 bits per heavy atom. The van der Waals surface area contributed by atoms with Crippen molar-refractivity contribution >= 4 is 11.6 Å². The first-order valence-corrected chi connectivity index (χ1v) is 6.05. The van der Waals surface area contributed by atoms with Gasteiger partial charge in [-0.2, -0.15) is 0 Å². The first-order chi connectivity index (χ1) is 8.60. The molecule has 0 radical (unpaired) electrons. The normalized spacial score (nSPS) is 23.1. The number of hydrogen-bond donors (Lipinski definition) is 2. The van der Waals surface area contributed by atoms with Gasteiger partial charge in [0.05, 0.1) is 11.8 Å². The van der Waals surface area contributed by atoms with Crippen LogP contribution in [0.1, 0.15) is 25.3 Å². The summed E-state index contributed by atoms with van der Waals surface area (Å²) in [6.45, 7) is 2.19. The van der Waals surface area contributed by atoms with Crippen LogP contribution >= 0.6 is 0 Å². The highest BCUT2D eigenvalue weighted by Gasteiger charge is 2.28. The SMILES string of the molecule is CC1CCC(C(=O)Nc2ccc(CN)cc2F)O1. The average Bonchev–Trinajstić information content (AvgIpc) is 2.78. The van der Waals surface area contributed by atoms with Gasteiger partial charge in [0.25, 0.3) is 5.91 Å². The Labute approximate surface area is 105 Å². The van der Waals surface area contributed by atoms with Gasteiger partial charge < -0.3 is 15.8 Å². The summed E-state index contributed by atoms with van der Waals surface area (Å²) in [6.07, 6.45) is 1.14. The number of nitrogens with one attached hydrogen (secondary N) is 1. The van der Waals surface area contributed by atoms with Crippen molar-refractivity contribution in [2.24, 2.45) is 5.73 Å².